The molecule has 176 valence electrons. The van der Waals surface area contributed by atoms with E-state index in [0.29, 0.717) is 18.7 Å². The number of benzene rings is 3. The third-order valence-corrected chi connectivity index (χ3v) is 7.37. The highest BCUT2D eigenvalue weighted by Crippen LogP contribution is 2.48. The van der Waals surface area contributed by atoms with E-state index in [-0.39, 0.29) is 18.2 Å². The number of carbonyl (C=O) groups is 2. The molecule has 0 radical (unpaired) electrons. The molecule has 1 fully saturated rings. The lowest BCUT2D eigenvalue weighted by atomic mass is 9.92. The number of carbonyl (C=O) groups excluding carboxylic acids is 2. The maximum Gasteiger partial charge on any atom is 0.239 e. The fourth-order valence-corrected chi connectivity index (χ4v) is 5.51. The Morgan fingerprint density at radius 3 is 2.21 bits per heavy atom. The first kappa shape index (κ1) is 23.7. The van der Waals surface area contributed by atoms with Crippen LogP contribution in [0.4, 0.5) is 0 Å². The summed E-state index contributed by atoms with van der Waals surface area (Å²) in [4.78, 5) is 27.4. The van der Waals surface area contributed by atoms with E-state index in [1.54, 1.807) is 14.2 Å². The lowest BCUT2D eigenvalue weighted by Crippen LogP contribution is -2.48. The smallest absolute Gasteiger partial charge is 0.239 e. The van der Waals surface area contributed by atoms with Crippen molar-refractivity contribution in [3.63, 3.8) is 0 Å². The van der Waals surface area contributed by atoms with Gasteiger partial charge in [-0.15, -0.1) is 11.8 Å². The molecular formula is C27H28N2O4S. The number of ether oxygens (including phenoxy) is 2. The quantitative estimate of drug-likeness (QED) is 0.485. The van der Waals surface area contributed by atoms with Crippen LogP contribution in [0, 0.1) is 0 Å². The molecule has 34 heavy (non-hydrogen) atoms. The van der Waals surface area contributed by atoms with E-state index in [9.17, 15) is 9.59 Å². The molecule has 1 aliphatic heterocycles. The van der Waals surface area contributed by atoms with E-state index in [1.807, 2.05) is 78.9 Å². The maximum atomic E-state index is 13.8. The summed E-state index contributed by atoms with van der Waals surface area (Å²) in [5.41, 5.74) is 2.00. The summed E-state index contributed by atoms with van der Waals surface area (Å²) < 4.78 is 9.51. The average Bonchev–Trinajstić information content (AvgIpc) is 3.22. The zero-order valence-corrected chi connectivity index (χ0v) is 20.1. The molecule has 0 aliphatic carbocycles. The molecule has 0 aromatic heterocycles. The van der Waals surface area contributed by atoms with Crippen molar-refractivity contribution in [2.75, 3.05) is 20.8 Å². The van der Waals surface area contributed by atoms with Gasteiger partial charge in [0.2, 0.25) is 11.8 Å². The van der Waals surface area contributed by atoms with E-state index in [1.165, 1.54) is 11.8 Å². The van der Waals surface area contributed by atoms with Gasteiger partial charge < -0.3 is 20.1 Å². The van der Waals surface area contributed by atoms with E-state index in [4.69, 9.17) is 9.47 Å². The molecule has 2 amide bonds. The van der Waals surface area contributed by atoms with Crippen LogP contribution in [0.2, 0.25) is 0 Å². The van der Waals surface area contributed by atoms with Crippen molar-refractivity contribution >= 4 is 23.6 Å². The van der Waals surface area contributed by atoms with Crippen molar-refractivity contribution in [1.82, 2.24) is 10.6 Å². The van der Waals surface area contributed by atoms with E-state index >= 15 is 0 Å². The van der Waals surface area contributed by atoms with Crippen molar-refractivity contribution in [3.05, 3.63) is 90.0 Å². The topological polar surface area (TPSA) is 76.7 Å². The molecule has 4 rings (SSSR count). The zero-order valence-electron chi connectivity index (χ0n) is 19.2. The Morgan fingerprint density at radius 2 is 1.59 bits per heavy atom. The minimum atomic E-state index is -1.04. The van der Waals surface area contributed by atoms with E-state index in [0.717, 1.165) is 21.8 Å². The Morgan fingerprint density at radius 1 is 0.971 bits per heavy atom. The summed E-state index contributed by atoms with van der Waals surface area (Å²) in [5, 5.41) is 6.14. The monoisotopic (exact) mass is 476 g/mol. The molecule has 0 spiro atoms. The summed E-state index contributed by atoms with van der Waals surface area (Å²) in [6.07, 6.45) is 0.794. The van der Waals surface area contributed by atoms with Gasteiger partial charge in [-0.1, -0.05) is 42.5 Å². The van der Waals surface area contributed by atoms with Crippen LogP contribution in [0.15, 0.2) is 83.8 Å². The predicted molar refractivity (Wildman–Crippen MR) is 133 cm³/mol. The van der Waals surface area contributed by atoms with Crippen LogP contribution in [-0.4, -0.2) is 37.3 Å². The van der Waals surface area contributed by atoms with Crippen LogP contribution in [-0.2, 0) is 16.0 Å². The van der Waals surface area contributed by atoms with Crippen molar-refractivity contribution in [1.29, 1.82) is 0 Å². The van der Waals surface area contributed by atoms with Gasteiger partial charge in [-0.25, -0.2) is 0 Å². The van der Waals surface area contributed by atoms with Crippen molar-refractivity contribution in [2.24, 2.45) is 0 Å². The Hall–Kier alpha value is -3.45. The first-order valence-corrected chi connectivity index (χ1v) is 11.9. The van der Waals surface area contributed by atoms with Gasteiger partial charge in [-0.05, 0) is 53.9 Å². The standard InChI is InChI=1S/C27H28N2O4S/c1-32-21-10-8-20(9-11-21)25-27(18-24(30)29-25,34-23-14-12-22(33-2)13-15-23)26(31)28-17-16-19-6-4-3-5-7-19/h3-15,25H,16-18H2,1-2H3,(H,28,31)(H,29,30)/t25-,27-/m1/s1. The van der Waals surface area contributed by atoms with Gasteiger partial charge in [0.25, 0.3) is 0 Å². The molecule has 3 aromatic carbocycles. The molecule has 0 bridgehead atoms. The van der Waals surface area contributed by atoms with Gasteiger partial charge in [-0.2, -0.15) is 0 Å². The second kappa shape index (κ2) is 10.7. The van der Waals surface area contributed by atoms with Crippen LogP contribution in [0.3, 0.4) is 0 Å². The minimum absolute atomic E-state index is 0.0809. The highest BCUT2D eigenvalue weighted by Gasteiger charge is 2.54. The number of hydrogen-bond donors (Lipinski definition) is 2. The first-order chi connectivity index (χ1) is 16.5. The molecule has 2 atom stereocenters. The minimum Gasteiger partial charge on any atom is -0.497 e. The lowest BCUT2D eigenvalue weighted by Gasteiger charge is -2.32. The summed E-state index contributed by atoms with van der Waals surface area (Å²) in [5.74, 6) is 1.13. The van der Waals surface area contributed by atoms with Gasteiger partial charge in [0.1, 0.15) is 16.2 Å². The Balaban J connectivity index is 1.63. The number of amides is 2. The Kier molecular flexibility index (Phi) is 7.43. The Labute approximate surface area is 204 Å². The van der Waals surface area contributed by atoms with Crippen molar-refractivity contribution in [2.45, 2.75) is 28.5 Å². The van der Waals surface area contributed by atoms with E-state index < -0.39 is 10.8 Å². The Bertz CT molecular complexity index is 1120. The number of nitrogens with one attached hydrogen (secondary N) is 2. The van der Waals surface area contributed by atoms with Crippen LogP contribution < -0.4 is 20.1 Å². The number of rotatable bonds is 9. The predicted octanol–water partition coefficient (Wildman–Crippen LogP) is 4.15. The molecular weight excluding hydrogens is 448 g/mol. The lowest BCUT2D eigenvalue weighted by molar-refractivity contribution is -0.125. The summed E-state index contributed by atoms with van der Waals surface area (Å²) in [6.45, 7) is 0.483. The van der Waals surface area contributed by atoms with Gasteiger partial charge in [-0.3, -0.25) is 9.59 Å². The largest absolute Gasteiger partial charge is 0.497 e. The molecule has 0 saturated carbocycles. The van der Waals surface area contributed by atoms with Gasteiger partial charge in [0, 0.05) is 11.4 Å². The average molecular weight is 477 g/mol. The molecule has 0 unspecified atom stereocenters. The summed E-state index contributed by atoms with van der Waals surface area (Å²) >= 11 is 1.41. The van der Waals surface area contributed by atoms with Gasteiger partial charge in [0.15, 0.2) is 0 Å². The van der Waals surface area contributed by atoms with Crippen LogP contribution in [0.5, 0.6) is 11.5 Å². The van der Waals surface area contributed by atoms with Crippen molar-refractivity contribution in [3.8, 4) is 11.5 Å². The van der Waals surface area contributed by atoms with Crippen LogP contribution in [0.25, 0.3) is 0 Å². The maximum absolute atomic E-state index is 13.8. The molecule has 6 nitrogen and oxygen atoms in total. The molecule has 2 N–H and O–H groups in total. The van der Waals surface area contributed by atoms with Crippen molar-refractivity contribution < 1.29 is 19.1 Å². The molecule has 1 aliphatic rings. The molecule has 7 heteroatoms. The second-order valence-electron chi connectivity index (χ2n) is 8.11. The number of methoxy groups -OCH3 is 2. The third kappa shape index (κ3) is 5.20. The third-order valence-electron chi connectivity index (χ3n) is 5.93. The molecule has 1 saturated heterocycles. The SMILES string of the molecule is COc1ccc(S[C@]2(C(=O)NCCc3ccccc3)CC(=O)N[C@@H]2c2ccc(OC)cc2)cc1. The molecule has 3 aromatic rings. The van der Waals surface area contributed by atoms with Gasteiger partial charge >= 0.3 is 0 Å². The first-order valence-electron chi connectivity index (χ1n) is 11.1. The van der Waals surface area contributed by atoms with E-state index in [2.05, 4.69) is 10.6 Å². The normalized spacial score (nSPS) is 19.4. The van der Waals surface area contributed by atoms with Crippen LogP contribution >= 0.6 is 11.8 Å². The number of thioether (sulfide) groups is 1. The summed E-state index contributed by atoms with van der Waals surface area (Å²) in [6, 6.07) is 24.5. The molecule has 1 heterocycles. The number of hydrogen-bond acceptors (Lipinski definition) is 5. The fraction of sp³-hybridized carbons (Fsp3) is 0.259. The van der Waals surface area contributed by atoms with Crippen LogP contribution in [0.1, 0.15) is 23.6 Å². The zero-order chi connectivity index (χ0) is 24.0. The summed E-state index contributed by atoms with van der Waals surface area (Å²) in [7, 11) is 3.22. The second-order valence-corrected chi connectivity index (χ2v) is 9.51. The highest BCUT2D eigenvalue weighted by atomic mass is 32.2. The fourth-order valence-electron chi connectivity index (χ4n) is 4.14. The van der Waals surface area contributed by atoms with Gasteiger partial charge in [0.05, 0.1) is 26.7 Å². The highest BCUT2D eigenvalue weighted by molar-refractivity contribution is 8.01.